The molecular formula is C17H33NO2. The summed E-state index contributed by atoms with van der Waals surface area (Å²) in [5.41, 5.74) is 0. The fourth-order valence-electron chi connectivity index (χ4n) is 3.03. The maximum Gasteiger partial charge on any atom is 0.407 e. The van der Waals surface area contributed by atoms with Crippen LogP contribution in [0.25, 0.3) is 0 Å². The molecule has 1 rings (SSSR count). The summed E-state index contributed by atoms with van der Waals surface area (Å²) in [6.07, 6.45) is 14.2. The molecule has 118 valence electrons. The molecule has 0 saturated carbocycles. The summed E-state index contributed by atoms with van der Waals surface area (Å²) in [4.78, 5) is 11.1. The van der Waals surface area contributed by atoms with E-state index in [4.69, 9.17) is 4.74 Å². The van der Waals surface area contributed by atoms with Crippen LogP contribution in [0.2, 0.25) is 0 Å². The van der Waals surface area contributed by atoms with Gasteiger partial charge in [0.1, 0.15) is 6.10 Å². The van der Waals surface area contributed by atoms with E-state index in [0.29, 0.717) is 6.54 Å². The van der Waals surface area contributed by atoms with E-state index in [0.717, 1.165) is 12.3 Å². The molecule has 0 radical (unpaired) electrons. The molecule has 0 unspecified atom stereocenters. The lowest BCUT2D eigenvalue weighted by Crippen LogP contribution is -2.18. The minimum absolute atomic E-state index is 0.116. The zero-order valence-corrected chi connectivity index (χ0v) is 13.5. The molecule has 1 amide bonds. The van der Waals surface area contributed by atoms with Gasteiger partial charge >= 0.3 is 6.09 Å². The fraction of sp³-hybridized carbons (Fsp3) is 0.941. The van der Waals surface area contributed by atoms with E-state index < -0.39 is 0 Å². The first-order valence-corrected chi connectivity index (χ1v) is 8.70. The summed E-state index contributed by atoms with van der Waals surface area (Å²) in [7, 11) is 0. The zero-order chi connectivity index (χ0) is 14.6. The van der Waals surface area contributed by atoms with Crippen molar-refractivity contribution in [1.29, 1.82) is 0 Å². The quantitative estimate of drug-likeness (QED) is 0.509. The average molecular weight is 283 g/mol. The summed E-state index contributed by atoms with van der Waals surface area (Å²) < 4.78 is 5.30. The molecule has 0 bridgehead atoms. The first kappa shape index (κ1) is 17.3. The van der Waals surface area contributed by atoms with Crippen LogP contribution in [0.1, 0.15) is 84.5 Å². The third-order valence-corrected chi connectivity index (χ3v) is 4.28. The van der Waals surface area contributed by atoms with Gasteiger partial charge in [0.2, 0.25) is 0 Å². The second-order valence-corrected chi connectivity index (χ2v) is 6.21. The van der Waals surface area contributed by atoms with Crippen molar-refractivity contribution in [3.63, 3.8) is 0 Å². The molecule has 0 aromatic heterocycles. The fourth-order valence-corrected chi connectivity index (χ4v) is 3.03. The molecule has 1 saturated heterocycles. The van der Waals surface area contributed by atoms with E-state index in [1.54, 1.807) is 0 Å². The molecule has 20 heavy (non-hydrogen) atoms. The summed E-state index contributed by atoms with van der Waals surface area (Å²) in [6.45, 7) is 5.22. The molecule has 1 atom stereocenters. The van der Waals surface area contributed by atoms with Gasteiger partial charge in [-0.3, -0.25) is 0 Å². The number of carbonyl (C=O) groups excluding carboxylic acids is 1. The first-order valence-electron chi connectivity index (χ1n) is 8.70. The minimum atomic E-state index is -0.231. The Labute approximate surface area is 124 Å². The van der Waals surface area contributed by atoms with E-state index in [1.807, 2.05) is 0 Å². The average Bonchev–Trinajstić information content (AvgIpc) is 2.84. The van der Waals surface area contributed by atoms with Crippen LogP contribution < -0.4 is 5.32 Å². The maximum atomic E-state index is 11.1. The van der Waals surface area contributed by atoms with E-state index in [2.05, 4.69) is 19.2 Å². The lowest BCUT2D eigenvalue weighted by atomic mass is 9.89. The predicted octanol–water partition coefficient (Wildman–Crippen LogP) is 5.04. The third-order valence-electron chi connectivity index (χ3n) is 4.28. The summed E-state index contributed by atoms with van der Waals surface area (Å²) in [5, 5.41) is 2.77. The van der Waals surface area contributed by atoms with Gasteiger partial charge in [-0.2, -0.15) is 0 Å². The Kier molecular flexibility index (Phi) is 9.52. The molecule has 3 heteroatoms. The highest BCUT2D eigenvalue weighted by atomic mass is 16.6. The van der Waals surface area contributed by atoms with Gasteiger partial charge in [-0.15, -0.1) is 0 Å². The molecular weight excluding hydrogens is 250 g/mol. The van der Waals surface area contributed by atoms with E-state index >= 15 is 0 Å². The Morgan fingerprint density at radius 2 is 1.65 bits per heavy atom. The second-order valence-electron chi connectivity index (χ2n) is 6.21. The molecule has 1 aliphatic rings. The van der Waals surface area contributed by atoms with Crippen LogP contribution in [0.15, 0.2) is 0 Å². The summed E-state index contributed by atoms with van der Waals surface area (Å²) in [5.74, 6) is 0.737. The van der Waals surface area contributed by atoms with Crippen LogP contribution in [-0.2, 0) is 4.74 Å². The number of hydrogen-bond donors (Lipinski definition) is 1. The van der Waals surface area contributed by atoms with E-state index in [1.165, 1.54) is 64.2 Å². The number of carbonyl (C=O) groups is 1. The van der Waals surface area contributed by atoms with Gasteiger partial charge in [0, 0.05) is 0 Å². The number of hydrogen-bond acceptors (Lipinski definition) is 2. The predicted molar refractivity (Wildman–Crippen MR) is 83.9 cm³/mol. The number of nitrogens with one attached hydrogen (secondary N) is 1. The Hall–Kier alpha value is -0.730. The maximum absolute atomic E-state index is 11.1. The van der Waals surface area contributed by atoms with Crippen molar-refractivity contribution in [3.05, 3.63) is 0 Å². The van der Waals surface area contributed by atoms with Gasteiger partial charge in [0.25, 0.3) is 0 Å². The SMILES string of the molecule is CCCCCCC(CCCCCC)C[C@@H]1CNC(=O)O1. The van der Waals surface area contributed by atoms with Crippen LogP contribution in [0.5, 0.6) is 0 Å². The number of alkyl carbamates (subject to hydrolysis) is 1. The number of rotatable bonds is 12. The van der Waals surface area contributed by atoms with Crippen LogP contribution >= 0.6 is 0 Å². The topological polar surface area (TPSA) is 38.3 Å². The molecule has 1 heterocycles. The number of ether oxygens (including phenoxy) is 1. The largest absolute Gasteiger partial charge is 0.444 e. The molecule has 1 aliphatic heterocycles. The molecule has 0 spiro atoms. The summed E-state index contributed by atoms with van der Waals surface area (Å²) in [6, 6.07) is 0. The molecule has 3 nitrogen and oxygen atoms in total. The van der Waals surface area contributed by atoms with Gasteiger partial charge < -0.3 is 10.1 Å². The summed E-state index contributed by atoms with van der Waals surface area (Å²) >= 11 is 0. The number of unbranched alkanes of at least 4 members (excludes halogenated alkanes) is 6. The highest BCUT2D eigenvalue weighted by molar-refractivity contribution is 5.69. The zero-order valence-electron chi connectivity index (χ0n) is 13.5. The van der Waals surface area contributed by atoms with Crippen LogP contribution in [0, 0.1) is 5.92 Å². The Morgan fingerprint density at radius 3 is 2.10 bits per heavy atom. The monoisotopic (exact) mass is 283 g/mol. The third kappa shape index (κ3) is 7.76. The molecule has 1 N–H and O–H groups in total. The van der Waals surface area contributed by atoms with Gasteiger partial charge in [-0.25, -0.2) is 4.79 Å². The minimum Gasteiger partial charge on any atom is -0.444 e. The molecule has 0 aromatic rings. The van der Waals surface area contributed by atoms with Gasteiger partial charge in [0.15, 0.2) is 0 Å². The lowest BCUT2D eigenvalue weighted by molar-refractivity contribution is 0.121. The Bertz CT molecular complexity index is 243. The normalized spacial score (nSPS) is 18.4. The van der Waals surface area contributed by atoms with Crippen LogP contribution in [0.3, 0.4) is 0 Å². The second kappa shape index (κ2) is 11.0. The van der Waals surface area contributed by atoms with Crippen molar-refractivity contribution in [2.75, 3.05) is 6.54 Å². The van der Waals surface area contributed by atoms with Crippen molar-refractivity contribution < 1.29 is 9.53 Å². The molecule has 1 fully saturated rings. The molecule has 0 aromatic carbocycles. The first-order chi connectivity index (χ1) is 9.76. The van der Waals surface area contributed by atoms with Crippen molar-refractivity contribution in [1.82, 2.24) is 5.32 Å². The molecule has 0 aliphatic carbocycles. The Balaban J connectivity index is 2.23. The standard InChI is InChI=1S/C17H33NO2/c1-3-5-7-9-11-15(12-10-8-6-4-2)13-16-14-18-17(19)20-16/h15-16H,3-14H2,1-2H3,(H,18,19)/t16-/m1/s1. The van der Waals surface area contributed by atoms with Crippen molar-refractivity contribution >= 4 is 6.09 Å². The Morgan fingerprint density at radius 1 is 1.05 bits per heavy atom. The highest BCUT2D eigenvalue weighted by Crippen LogP contribution is 2.24. The van der Waals surface area contributed by atoms with Gasteiger partial charge in [0.05, 0.1) is 6.54 Å². The van der Waals surface area contributed by atoms with Crippen molar-refractivity contribution in [2.24, 2.45) is 5.92 Å². The number of amides is 1. The van der Waals surface area contributed by atoms with Crippen molar-refractivity contribution in [2.45, 2.75) is 90.6 Å². The van der Waals surface area contributed by atoms with Crippen LogP contribution in [-0.4, -0.2) is 18.7 Å². The van der Waals surface area contributed by atoms with Crippen molar-refractivity contribution in [3.8, 4) is 0 Å². The van der Waals surface area contributed by atoms with Gasteiger partial charge in [-0.1, -0.05) is 78.1 Å². The lowest BCUT2D eigenvalue weighted by Gasteiger charge is -2.19. The van der Waals surface area contributed by atoms with E-state index in [9.17, 15) is 4.79 Å². The highest BCUT2D eigenvalue weighted by Gasteiger charge is 2.25. The van der Waals surface area contributed by atoms with Gasteiger partial charge in [-0.05, 0) is 12.3 Å². The van der Waals surface area contributed by atoms with E-state index in [-0.39, 0.29) is 12.2 Å². The number of cyclic esters (lactones) is 1. The van der Waals surface area contributed by atoms with Crippen LogP contribution in [0.4, 0.5) is 4.79 Å². The smallest absolute Gasteiger partial charge is 0.407 e.